The largest absolute Gasteiger partial charge is 0.395 e. The summed E-state index contributed by atoms with van der Waals surface area (Å²) in [6.45, 7) is 11.3. The molecule has 0 aromatic heterocycles. The molecule has 0 heterocycles. The van der Waals surface area contributed by atoms with Crippen molar-refractivity contribution in [3.05, 3.63) is 0 Å². The van der Waals surface area contributed by atoms with E-state index in [-0.39, 0.29) is 6.29 Å². The van der Waals surface area contributed by atoms with E-state index in [1.54, 1.807) is 7.11 Å². The zero-order valence-corrected chi connectivity index (χ0v) is 17.4. The average molecular weight is 331 g/mol. The van der Waals surface area contributed by atoms with Gasteiger partial charge in [0.25, 0.3) is 0 Å². The minimum atomic E-state index is -1.20. The molecular weight excluding hydrogens is 288 g/mol. The molecule has 0 saturated carbocycles. The zero-order valence-electron chi connectivity index (χ0n) is 16.2. The molecule has 3 heteroatoms. The van der Waals surface area contributed by atoms with E-state index in [1.165, 1.54) is 70.3 Å². The van der Waals surface area contributed by atoms with Crippen molar-refractivity contribution in [1.82, 2.24) is 0 Å². The highest BCUT2D eigenvalue weighted by molar-refractivity contribution is 6.55. The molecule has 0 rings (SSSR count). The zero-order chi connectivity index (χ0) is 16.8. The molecule has 0 N–H and O–H groups in total. The monoisotopic (exact) mass is 330 g/mol. The molecular formula is C19H42O2Si. The Balaban J connectivity index is 3.64. The summed E-state index contributed by atoms with van der Waals surface area (Å²) in [5.74, 6) is 0. The Labute approximate surface area is 142 Å². The standard InChI is InChI=1S/C19H42O2Si/c1-7-8-9-10-11-12-13-14-15-16-17-22(19(3,4)5)21-18(2)20-6/h18,22H,7-17H2,1-6H3. The summed E-state index contributed by atoms with van der Waals surface area (Å²) < 4.78 is 11.5. The van der Waals surface area contributed by atoms with Gasteiger partial charge in [0.1, 0.15) is 6.29 Å². The van der Waals surface area contributed by atoms with E-state index in [4.69, 9.17) is 9.16 Å². The predicted molar refractivity (Wildman–Crippen MR) is 101 cm³/mol. The molecule has 2 nitrogen and oxygen atoms in total. The Morgan fingerprint density at radius 3 is 1.68 bits per heavy atom. The lowest BCUT2D eigenvalue weighted by Gasteiger charge is -2.31. The van der Waals surface area contributed by atoms with Crippen LogP contribution in [0.3, 0.4) is 0 Å². The van der Waals surface area contributed by atoms with Crippen molar-refractivity contribution in [3.63, 3.8) is 0 Å². The van der Waals surface area contributed by atoms with E-state index >= 15 is 0 Å². The van der Waals surface area contributed by atoms with Gasteiger partial charge in [-0.05, 0) is 18.0 Å². The summed E-state index contributed by atoms with van der Waals surface area (Å²) in [5.41, 5.74) is 0. The molecule has 0 amide bonds. The van der Waals surface area contributed by atoms with Crippen LogP contribution in [0.2, 0.25) is 11.1 Å². The van der Waals surface area contributed by atoms with Gasteiger partial charge >= 0.3 is 0 Å². The molecule has 0 aliphatic rings. The van der Waals surface area contributed by atoms with Crippen molar-refractivity contribution < 1.29 is 9.16 Å². The smallest absolute Gasteiger partial charge is 0.185 e. The molecule has 0 spiro atoms. The normalized spacial score (nSPS) is 15.0. The molecule has 0 aromatic carbocycles. The van der Waals surface area contributed by atoms with E-state index < -0.39 is 9.04 Å². The van der Waals surface area contributed by atoms with Crippen LogP contribution in [0.5, 0.6) is 0 Å². The van der Waals surface area contributed by atoms with Crippen molar-refractivity contribution >= 4 is 9.04 Å². The van der Waals surface area contributed by atoms with Crippen molar-refractivity contribution in [3.8, 4) is 0 Å². The summed E-state index contributed by atoms with van der Waals surface area (Å²) in [7, 11) is 0.535. The van der Waals surface area contributed by atoms with Crippen molar-refractivity contribution in [2.24, 2.45) is 0 Å². The van der Waals surface area contributed by atoms with Gasteiger partial charge in [-0.3, -0.25) is 0 Å². The van der Waals surface area contributed by atoms with Gasteiger partial charge in [0, 0.05) is 7.11 Å². The molecule has 0 aliphatic heterocycles. The first-order valence-corrected chi connectivity index (χ1v) is 11.5. The third-order valence-corrected chi connectivity index (χ3v) is 8.05. The number of methoxy groups -OCH3 is 1. The van der Waals surface area contributed by atoms with Crippen LogP contribution in [0.1, 0.15) is 98.8 Å². The molecule has 0 radical (unpaired) electrons. The first kappa shape index (κ1) is 22.1. The summed E-state index contributed by atoms with van der Waals surface area (Å²) in [5, 5.41) is 0.325. The van der Waals surface area contributed by atoms with Gasteiger partial charge in [-0.15, -0.1) is 0 Å². The van der Waals surface area contributed by atoms with Crippen LogP contribution < -0.4 is 0 Å². The first-order valence-electron chi connectivity index (χ1n) is 9.60. The maximum absolute atomic E-state index is 6.16. The van der Waals surface area contributed by atoms with Crippen molar-refractivity contribution in [2.75, 3.05) is 7.11 Å². The third-order valence-electron chi connectivity index (χ3n) is 4.47. The summed E-state index contributed by atoms with van der Waals surface area (Å²) in [6, 6.07) is 1.29. The number of unbranched alkanes of at least 4 members (excludes halogenated alkanes) is 9. The van der Waals surface area contributed by atoms with Gasteiger partial charge < -0.3 is 9.16 Å². The Morgan fingerprint density at radius 1 is 0.818 bits per heavy atom. The molecule has 134 valence electrons. The van der Waals surface area contributed by atoms with E-state index in [0.29, 0.717) is 5.04 Å². The summed E-state index contributed by atoms with van der Waals surface area (Å²) in [6.07, 6.45) is 14.0. The molecule has 0 aromatic rings. The predicted octanol–water partition coefficient (Wildman–Crippen LogP) is 6.44. The van der Waals surface area contributed by atoms with Gasteiger partial charge in [0.15, 0.2) is 9.04 Å². The number of hydrogen-bond donors (Lipinski definition) is 0. The fourth-order valence-electron chi connectivity index (χ4n) is 2.81. The van der Waals surface area contributed by atoms with E-state index in [1.807, 2.05) is 6.92 Å². The number of hydrogen-bond acceptors (Lipinski definition) is 2. The second-order valence-corrected chi connectivity index (χ2v) is 11.3. The second kappa shape index (κ2) is 13.6. The average Bonchev–Trinajstić information content (AvgIpc) is 2.46. The van der Waals surface area contributed by atoms with Gasteiger partial charge in [-0.2, -0.15) is 0 Å². The van der Waals surface area contributed by atoms with Crippen molar-refractivity contribution in [1.29, 1.82) is 0 Å². The van der Waals surface area contributed by atoms with Crippen LogP contribution in [0.15, 0.2) is 0 Å². The molecule has 2 atom stereocenters. The Bertz CT molecular complexity index is 238. The molecule has 0 saturated heterocycles. The summed E-state index contributed by atoms with van der Waals surface area (Å²) >= 11 is 0. The Morgan fingerprint density at radius 2 is 1.27 bits per heavy atom. The van der Waals surface area contributed by atoms with Gasteiger partial charge in [0.2, 0.25) is 0 Å². The van der Waals surface area contributed by atoms with E-state index in [9.17, 15) is 0 Å². The Hall–Kier alpha value is 0.137. The first-order chi connectivity index (χ1) is 10.4. The third kappa shape index (κ3) is 12.7. The second-order valence-electron chi connectivity index (χ2n) is 7.76. The molecule has 2 unspecified atom stereocenters. The number of ether oxygens (including phenoxy) is 1. The molecule has 0 aliphatic carbocycles. The lowest BCUT2D eigenvalue weighted by Crippen LogP contribution is -2.33. The lowest BCUT2D eigenvalue weighted by atomic mass is 10.1. The molecule has 22 heavy (non-hydrogen) atoms. The van der Waals surface area contributed by atoms with Crippen LogP contribution in [0.4, 0.5) is 0 Å². The lowest BCUT2D eigenvalue weighted by molar-refractivity contribution is -0.0441. The van der Waals surface area contributed by atoms with Gasteiger partial charge in [0.05, 0.1) is 0 Å². The van der Waals surface area contributed by atoms with Crippen LogP contribution in [-0.2, 0) is 9.16 Å². The number of rotatable bonds is 14. The van der Waals surface area contributed by atoms with Crippen LogP contribution in [0.25, 0.3) is 0 Å². The van der Waals surface area contributed by atoms with Crippen LogP contribution >= 0.6 is 0 Å². The van der Waals surface area contributed by atoms with E-state index in [0.717, 1.165) is 0 Å². The fraction of sp³-hybridized carbons (Fsp3) is 1.00. The van der Waals surface area contributed by atoms with Crippen LogP contribution in [-0.4, -0.2) is 22.4 Å². The quantitative estimate of drug-likeness (QED) is 0.207. The Kier molecular flexibility index (Phi) is 13.6. The van der Waals surface area contributed by atoms with Gasteiger partial charge in [-0.1, -0.05) is 91.9 Å². The minimum absolute atomic E-state index is 0.0426. The highest BCUT2D eigenvalue weighted by atomic mass is 28.3. The topological polar surface area (TPSA) is 18.5 Å². The van der Waals surface area contributed by atoms with Gasteiger partial charge in [-0.25, -0.2) is 0 Å². The maximum atomic E-state index is 6.16. The fourth-order valence-corrected chi connectivity index (χ4v) is 5.45. The van der Waals surface area contributed by atoms with Crippen molar-refractivity contribution in [2.45, 2.75) is 116 Å². The highest BCUT2D eigenvalue weighted by Gasteiger charge is 2.28. The van der Waals surface area contributed by atoms with E-state index in [2.05, 4.69) is 27.7 Å². The molecule has 0 fully saturated rings. The van der Waals surface area contributed by atoms with Crippen LogP contribution in [0, 0.1) is 0 Å². The maximum Gasteiger partial charge on any atom is 0.185 e. The summed E-state index contributed by atoms with van der Waals surface area (Å²) in [4.78, 5) is 0. The minimum Gasteiger partial charge on any atom is -0.395 e. The molecule has 0 bridgehead atoms. The SMILES string of the molecule is CCCCCCCCCCCC[SiH](OC(C)OC)C(C)(C)C. The highest BCUT2D eigenvalue weighted by Crippen LogP contribution is 2.32.